The van der Waals surface area contributed by atoms with Crippen LogP contribution in [0.25, 0.3) is 0 Å². The summed E-state index contributed by atoms with van der Waals surface area (Å²) in [6, 6.07) is 0.0613. The van der Waals surface area contributed by atoms with Crippen LogP contribution in [0.4, 0.5) is 4.79 Å². The highest BCUT2D eigenvalue weighted by atomic mass is 16.6. The molecule has 2 unspecified atom stereocenters. The van der Waals surface area contributed by atoms with Gasteiger partial charge in [-0.2, -0.15) is 0 Å². The van der Waals surface area contributed by atoms with Gasteiger partial charge in [0.15, 0.2) is 0 Å². The van der Waals surface area contributed by atoms with Crippen LogP contribution in [0.15, 0.2) is 0 Å². The average molecular weight is 314 g/mol. The lowest BCUT2D eigenvalue weighted by Crippen LogP contribution is -2.51. The number of nitrogens with zero attached hydrogens (tertiary/aromatic N) is 1. The number of nitrogens with one attached hydrogen (secondary N) is 1. The summed E-state index contributed by atoms with van der Waals surface area (Å²) in [5, 5.41) is 2.95. The highest BCUT2D eigenvalue weighted by molar-refractivity contribution is 5.69. The van der Waals surface area contributed by atoms with Crippen LogP contribution in [0.1, 0.15) is 47.0 Å². The van der Waals surface area contributed by atoms with Crippen molar-refractivity contribution in [3.8, 4) is 0 Å². The second-order valence-corrected chi connectivity index (χ2v) is 6.91. The van der Waals surface area contributed by atoms with E-state index in [9.17, 15) is 9.59 Å². The highest BCUT2D eigenvalue weighted by Crippen LogP contribution is 2.22. The first-order chi connectivity index (χ1) is 10.2. The molecule has 2 atom stereocenters. The molecule has 1 aliphatic heterocycles. The SMILES string of the molecule is CCN1CC(CCC(=O)OC)CC(NC(=O)OC(C)(C)C)C1. The smallest absolute Gasteiger partial charge is 0.407 e. The molecular weight excluding hydrogens is 284 g/mol. The molecule has 0 aromatic rings. The predicted octanol–water partition coefficient (Wildman–Crippen LogP) is 2.17. The van der Waals surface area contributed by atoms with Crippen LogP contribution in [0.2, 0.25) is 0 Å². The molecule has 1 saturated heterocycles. The number of carbonyl (C=O) groups excluding carboxylic acids is 2. The minimum absolute atomic E-state index is 0.0613. The lowest BCUT2D eigenvalue weighted by atomic mass is 9.90. The van der Waals surface area contributed by atoms with Crippen LogP contribution >= 0.6 is 0 Å². The van der Waals surface area contributed by atoms with E-state index in [0.717, 1.165) is 32.5 Å². The molecule has 128 valence electrons. The molecule has 22 heavy (non-hydrogen) atoms. The minimum atomic E-state index is -0.493. The van der Waals surface area contributed by atoms with Crippen molar-refractivity contribution in [1.82, 2.24) is 10.2 Å². The van der Waals surface area contributed by atoms with Crippen molar-refractivity contribution in [2.75, 3.05) is 26.7 Å². The van der Waals surface area contributed by atoms with Gasteiger partial charge >= 0.3 is 12.1 Å². The van der Waals surface area contributed by atoms with E-state index < -0.39 is 5.60 Å². The Morgan fingerprint density at radius 1 is 1.27 bits per heavy atom. The van der Waals surface area contributed by atoms with E-state index in [4.69, 9.17) is 9.47 Å². The Labute approximate surface area is 133 Å². The Balaban J connectivity index is 2.51. The molecule has 1 heterocycles. The van der Waals surface area contributed by atoms with E-state index in [1.54, 1.807) is 0 Å². The Morgan fingerprint density at radius 3 is 2.50 bits per heavy atom. The third kappa shape index (κ3) is 7.11. The number of methoxy groups -OCH3 is 1. The van der Waals surface area contributed by atoms with Crippen molar-refractivity contribution in [3.63, 3.8) is 0 Å². The fourth-order valence-electron chi connectivity index (χ4n) is 2.77. The van der Waals surface area contributed by atoms with Gasteiger partial charge in [0.2, 0.25) is 0 Å². The number of piperidine rings is 1. The maximum atomic E-state index is 11.9. The fraction of sp³-hybridized carbons (Fsp3) is 0.875. The summed E-state index contributed by atoms with van der Waals surface area (Å²) >= 11 is 0. The first kappa shape index (κ1) is 18.7. The zero-order chi connectivity index (χ0) is 16.8. The zero-order valence-corrected chi connectivity index (χ0v) is 14.5. The lowest BCUT2D eigenvalue weighted by molar-refractivity contribution is -0.141. The number of likely N-dealkylation sites (tertiary alicyclic amines) is 1. The Kier molecular flexibility index (Phi) is 7.13. The number of ether oxygens (including phenoxy) is 2. The van der Waals surface area contributed by atoms with E-state index in [1.807, 2.05) is 20.8 Å². The average Bonchev–Trinajstić information content (AvgIpc) is 2.42. The van der Waals surface area contributed by atoms with Gasteiger partial charge in [0.25, 0.3) is 0 Å². The summed E-state index contributed by atoms with van der Waals surface area (Å²) in [6.45, 7) is 10.4. The molecule has 0 radical (unpaired) electrons. The van der Waals surface area contributed by atoms with Crippen molar-refractivity contribution in [2.24, 2.45) is 5.92 Å². The largest absolute Gasteiger partial charge is 0.469 e. The number of hydrogen-bond donors (Lipinski definition) is 1. The van der Waals surface area contributed by atoms with E-state index >= 15 is 0 Å². The fourth-order valence-corrected chi connectivity index (χ4v) is 2.77. The van der Waals surface area contributed by atoms with Crippen LogP contribution in [-0.2, 0) is 14.3 Å². The van der Waals surface area contributed by atoms with E-state index in [1.165, 1.54) is 7.11 Å². The normalized spacial score (nSPS) is 23.0. The first-order valence-electron chi connectivity index (χ1n) is 8.02. The summed E-state index contributed by atoms with van der Waals surface area (Å²) in [4.78, 5) is 25.5. The third-order valence-electron chi connectivity index (χ3n) is 3.77. The summed E-state index contributed by atoms with van der Waals surface area (Å²) in [5.74, 6) is 0.206. The molecule has 0 saturated carbocycles. The topological polar surface area (TPSA) is 67.9 Å². The molecule has 1 fully saturated rings. The molecule has 0 aliphatic carbocycles. The van der Waals surface area contributed by atoms with Crippen molar-refractivity contribution in [1.29, 1.82) is 0 Å². The molecule has 1 N–H and O–H groups in total. The number of alkyl carbamates (subject to hydrolysis) is 1. The standard InChI is InChI=1S/C16H30N2O4/c1-6-18-10-12(7-8-14(19)21-5)9-13(11-18)17-15(20)22-16(2,3)4/h12-13H,6-11H2,1-5H3,(H,17,20). The van der Waals surface area contributed by atoms with Gasteiger partial charge < -0.3 is 19.7 Å². The first-order valence-corrected chi connectivity index (χ1v) is 8.02. The van der Waals surface area contributed by atoms with Gasteiger partial charge in [-0.25, -0.2) is 4.79 Å². The number of amides is 1. The van der Waals surface area contributed by atoms with Crippen molar-refractivity contribution < 1.29 is 19.1 Å². The number of hydrogen-bond acceptors (Lipinski definition) is 5. The molecule has 0 bridgehead atoms. The molecule has 0 aromatic carbocycles. The van der Waals surface area contributed by atoms with E-state index in [-0.39, 0.29) is 18.1 Å². The summed E-state index contributed by atoms with van der Waals surface area (Å²) in [6.07, 6.45) is 1.71. The van der Waals surface area contributed by atoms with Crippen molar-refractivity contribution >= 4 is 12.1 Å². The number of esters is 1. The van der Waals surface area contributed by atoms with Crippen LogP contribution in [0, 0.1) is 5.92 Å². The van der Waals surface area contributed by atoms with Crippen molar-refractivity contribution in [3.05, 3.63) is 0 Å². The zero-order valence-electron chi connectivity index (χ0n) is 14.5. The van der Waals surface area contributed by atoms with Gasteiger partial charge in [-0.15, -0.1) is 0 Å². The van der Waals surface area contributed by atoms with Crippen LogP contribution < -0.4 is 5.32 Å². The Bertz CT molecular complexity index is 379. The molecule has 6 heteroatoms. The highest BCUT2D eigenvalue weighted by Gasteiger charge is 2.29. The molecular formula is C16H30N2O4. The van der Waals surface area contributed by atoms with Gasteiger partial charge in [0.1, 0.15) is 5.60 Å². The molecule has 6 nitrogen and oxygen atoms in total. The van der Waals surface area contributed by atoms with Crippen LogP contribution in [0.5, 0.6) is 0 Å². The number of rotatable bonds is 5. The molecule has 0 spiro atoms. The van der Waals surface area contributed by atoms with Crippen molar-refractivity contribution in [2.45, 2.75) is 58.6 Å². The second kappa shape index (κ2) is 8.36. The number of likely N-dealkylation sites (N-methyl/N-ethyl adjacent to an activating group) is 1. The predicted molar refractivity (Wildman–Crippen MR) is 84.6 cm³/mol. The molecule has 0 aromatic heterocycles. The maximum Gasteiger partial charge on any atom is 0.407 e. The maximum absolute atomic E-state index is 11.9. The van der Waals surface area contributed by atoms with Crippen LogP contribution in [0.3, 0.4) is 0 Å². The van der Waals surface area contributed by atoms with Gasteiger partial charge in [-0.3, -0.25) is 4.79 Å². The molecule has 1 rings (SSSR count). The molecule has 1 aliphatic rings. The summed E-state index contributed by atoms with van der Waals surface area (Å²) in [5.41, 5.74) is -0.493. The number of carbonyl (C=O) groups is 2. The lowest BCUT2D eigenvalue weighted by Gasteiger charge is -2.37. The van der Waals surface area contributed by atoms with Gasteiger partial charge in [0.05, 0.1) is 7.11 Å². The Morgan fingerprint density at radius 2 is 1.95 bits per heavy atom. The quantitative estimate of drug-likeness (QED) is 0.788. The third-order valence-corrected chi connectivity index (χ3v) is 3.77. The van der Waals surface area contributed by atoms with E-state index in [2.05, 4.69) is 17.1 Å². The monoisotopic (exact) mass is 314 g/mol. The van der Waals surface area contributed by atoms with Crippen LogP contribution in [-0.4, -0.2) is 55.3 Å². The minimum Gasteiger partial charge on any atom is -0.469 e. The van der Waals surface area contributed by atoms with Gasteiger partial charge in [-0.05, 0) is 46.1 Å². The summed E-state index contributed by atoms with van der Waals surface area (Å²) < 4.78 is 10.0. The van der Waals surface area contributed by atoms with E-state index in [0.29, 0.717) is 12.3 Å². The van der Waals surface area contributed by atoms with Gasteiger partial charge in [-0.1, -0.05) is 6.92 Å². The Hall–Kier alpha value is -1.30. The molecule has 1 amide bonds. The van der Waals surface area contributed by atoms with Gasteiger partial charge in [0, 0.05) is 25.6 Å². The second-order valence-electron chi connectivity index (χ2n) is 6.91. The summed E-state index contributed by atoms with van der Waals surface area (Å²) in [7, 11) is 1.41.